The Morgan fingerprint density at radius 2 is 2.06 bits per heavy atom. The lowest BCUT2D eigenvalue weighted by Crippen LogP contribution is -2.24. The second-order valence-corrected chi connectivity index (χ2v) is 4.33. The first-order valence-corrected chi connectivity index (χ1v) is 6.16. The van der Waals surface area contributed by atoms with Crippen molar-refractivity contribution in [2.45, 2.75) is 12.2 Å². The Hall–Kier alpha value is -0.690. The highest BCUT2D eigenvalue weighted by Crippen LogP contribution is 2.25. The van der Waals surface area contributed by atoms with Crippen molar-refractivity contribution in [3.8, 4) is 0 Å². The van der Waals surface area contributed by atoms with Crippen LogP contribution in [-0.4, -0.2) is 26.8 Å². The molecule has 1 rings (SSSR count). The predicted octanol–water partition coefficient (Wildman–Crippen LogP) is 1.13. The largest absolute Gasteiger partial charge is 0.389 e. The Balaban J connectivity index is 2.98. The van der Waals surface area contributed by atoms with Gasteiger partial charge < -0.3 is 21.3 Å². The lowest BCUT2D eigenvalue weighted by atomic mass is 10.0. The minimum Gasteiger partial charge on any atom is -0.389 e. The van der Waals surface area contributed by atoms with Crippen LogP contribution in [0, 0.1) is 0 Å². The zero-order valence-corrected chi connectivity index (χ0v) is 10.8. The number of para-hydroxylation sites is 1. The van der Waals surface area contributed by atoms with Crippen LogP contribution < -0.4 is 11.1 Å². The number of nitrogens with one attached hydrogen (secondary N) is 1. The van der Waals surface area contributed by atoms with Gasteiger partial charge in [-0.3, -0.25) is 0 Å². The van der Waals surface area contributed by atoms with Gasteiger partial charge in [-0.1, -0.05) is 34.1 Å². The van der Waals surface area contributed by atoms with Crippen LogP contribution in [0.3, 0.4) is 0 Å². The molecule has 2 atom stereocenters. The molecular formula is C10H13BrN2O2S. The zero-order valence-electron chi connectivity index (χ0n) is 8.43. The van der Waals surface area contributed by atoms with Crippen molar-refractivity contribution < 1.29 is 10.2 Å². The summed E-state index contributed by atoms with van der Waals surface area (Å²) >= 11 is 7.84. The van der Waals surface area contributed by atoms with E-state index in [1.165, 1.54) is 0 Å². The Labute approximate surface area is 108 Å². The number of nitrogens with two attached hydrogens (primary N) is 1. The molecule has 0 fully saturated rings. The third-order valence-electron chi connectivity index (χ3n) is 2.06. The Kier molecular flexibility index (Phi) is 5.14. The summed E-state index contributed by atoms with van der Waals surface area (Å²) in [4.78, 5) is 0. The van der Waals surface area contributed by atoms with Crippen LogP contribution in [0.25, 0.3) is 0 Å². The summed E-state index contributed by atoms with van der Waals surface area (Å²) in [5, 5.41) is 22.6. The molecule has 1 aromatic rings. The van der Waals surface area contributed by atoms with Crippen LogP contribution in [0.4, 0.5) is 5.69 Å². The Morgan fingerprint density at radius 1 is 1.44 bits per heavy atom. The summed E-state index contributed by atoms with van der Waals surface area (Å²) in [5.41, 5.74) is 6.53. The molecule has 2 unspecified atom stereocenters. The molecule has 0 aliphatic rings. The second kappa shape index (κ2) is 6.15. The van der Waals surface area contributed by atoms with E-state index in [0.29, 0.717) is 11.3 Å². The zero-order chi connectivity index (χ0) is 12.1. The lowest BCUT2D eigenvalue weighted by Gasteiger charge is -2.19. The number of aliphatic hydroxyl groups is 2. The topological polar surface area (TPSA) is 78.5 Å². The summed E-state index contributed by atoms with van der Waals surface area (Å²) in [6, 6.07) is 7.00. The van der Waals surface area contributed by atoms with Gasteiger partial charge in [0.25, 0.3) is 0 Å². The summed E-state index contributed by atoms with van der Waals surface area (Å²) in [6.07, 6.45) is -1.87. The van der Waals surface area contributed by atoms with Gasteiger partial charge in [-0.05, 0) is 18.3 Å². The van der Waals surface area contributed by atoms with Gasteiger partial charge in [0.2, 0.25) is 0 Å². The highest BCUT2D eigenvalue weighted by atomic mass is 79.9. The summed E-state index contributed by atoms with van der Waals surface area (Å²) in [7, 11) is 0. The van der Waals surface area contributed by atoms with Gasteiger partial charge in [0, 0.05) is 16.6 Å². The van der Waals surface area contributed by atoms with Crippen LogP contribution in [0.5, 0.6) is 0 Å². The molecule has 0 aliphatic heterocycles. The van der Waals surface area contributed by atoms with Crippen molar-refractivity contribution in [2.24, 2.45) is 5.73 Å². The molecule has 4 nitrogen and oxygen atoms in total. The first kappa shape index (κ1) is 13.4. The van der Waals surface area contributed by atoms with E-state index in [1.807, 2.05) is 0 Å². The van der Waals surface area contributed by atoms with E-state index >= 15 is 0 Å². The van der Waals surface area contributed by atoms with E-state index in [1.54, 1.807) is 24.3 Å². The predicted molar refractivity (Wildman–Crippen MR) is 71.6 cm³/mol. The van der Waals surface area contributed by atoms with Crippen molar-refractivity contribution in [1.29, 1.82) is 0 Å². The maximum atomic E-state index is 9.88. The monoisotopic (exact) mass is 304 g/mol. The van der Waals surface area contributed by atoms with Crippen molar-refractivity contribution in [2.75, 3.05) is 10.6 Å². The van der Waals surface area contributed by atoms with E-state index in [-0.39, 0.29) is 10.4 Å². The van der Waals surface area contributed by atoms with Gasteiger partial charge >= 0.3 is 0 Å². The molecule has 0 bridgehead atoms. The molecule has 0 heterocycles. The minimum atomic E-state index is -0.988. The van der Waals surface area contributed by atoms with E-state index in [2.05, 4.69) is 21.2 Å². The lowest BCUT2D eigenvalue weighted by molar-refractivity contribution is 0.0347. The van der Waals surface area contributed by atoms with Crippen molar-refractivity contribution >= 4 is 38.9 Å². The molecule has 0 saturated heterocycles. The average Bonchev–Trinajstić information content (AvgIpc) is 2.27. The normalized spacial score (nSPS) is 14.2. The van der Waals surface area contributed by atoms with Crippen LogP contribution in [0.2, 0.25) is 0 Å². The van der Waals surface area contributed by atoms with Crippen LogP contribution in [0.15, 0.2) is 24.3 Å². The fourth-order valence-corrected chi connectivity index (χ4v) is 1.76. The first-order valence-electron chi connectivity index (χ1n) is 4.63. The number of anilines is 1. The fraction of sp³-hybridized carbons (Fsp3) is 0.300. The van der Waals surface area contributed by atoms with Crippen molar-refractivity contribution in [1.82, 2.24) is 0 Å². The Morgan fingerprint density at radius 3 is 2.62 bits per heavy atom. The standard InChI is InChI=1S/C10H13BrN2O2S/c11-5-8(14)9(15)6-3-1-2-4-7(6)13-10(12)16/h1-4,8-9,14-15H,5H2,(H3,12,13,16). The van der Waals surface area contributed by atoms with Gasteiger partial charge in [0.1, 0.15) is 6.10 Å². The number of hydrogen-bond acceptors (Lipinski definition) is 3. The molecule has 16 heavy (non-hydrogen) atoms. The Bertz CT molecular complexity index is 376. The van der Waals surface area contributed by atoms with Gasteiger partial charge in [-0.2, -0.15) is 0 Å². The maximum absolute atomic E-state index is 9.88. The van der Waals surface area contributed by atoms with E-state index < -0.39 is 12.2 Å². The molecule has 0 aromatic heterocycles. The molecule has 5 N–H and O–H groups in total. The molecule has 0 amide bonds. The molecule has 0 radical (unpaired) electrons. The van der Waals surface area contributed by atoms with Gasteiger partial charge in [0.15, 0.2) is 5.11 Å². The number of aliphatic hydroxyl groups excluding tert-OH is 2. The number of rotatable bonds is 4. The van der Waals surface area contributed by atoms with Gasteiger partial charge in [-0.25, -0.2) is 0 Å². The summed E-state index contributed by atoms with van der Waals surface area (Å²) < 4.78 is 0. The van der Waals surface area contributed by atoms with Crippen molar-refractivity contribution in [3.05, 3.63) is 29.8 Å². The third kappa shape index (κ3) is 3.41. The molecule has 0 saturated carbocycles. The maximum Gasteiger partial charge on any atom is 0.168 e. The number of hydrogen-bond donors (Lipinski definition) is 4. The molecule has 88 valence electrons. The first-order chi connectivity index (χ1) is 7.56. The molecule has 6 heteroatoms. The third-order valence-corrected chi connectivity index (χ3v) is 2.83. The highest BCUT2D eigenvalue weighted by molar-refractivity contribution is 9.09. The van der Waals surface area contributed by atoms with E-state index in [4.69, 9.17) is 18.0 Å². The summed E-state index contributed by atoms with van der Waals surface area (Å²) in [5.74, 6) is 0. The summed E-state index contributed by atoms with van der Waals surface area (Å²) in [6.45, 7) is 0. The van der Waals surface area contributed by atoms with Crippen LogP contribution >= 0.6 is 28.1 Å². The molecule has 1 aromatic carbocycles. The average molecular weight is 305 g/mol. The van der Waals surface area contributed by atoms with Crippen LogP contribution in [0.1, 0.15) is 11.7 Å². The number of halogens is 1. The van der Waals surface area contributed by atoms with E-state index in [0.717, 1.165) is 0 Å². The van der Waals surface area contributed by atoms with Crippen LogP contribution in [-0.2, 0) is 0 Å². The molecule has 0 spiro atoms. The quantitative estimate of drug-likeness (QED) is 0.495. The molecule has 0 aliphatic carbocycles. The molecular weight excluding hydrogens is 292 g/mol. The highest BCUT2D eigenvalue weighted by Gasteiger charge is 2.19. The number of thiocarbonyl (C=S) groups is 1. The second-order valence-electron chi connectivity index (χ2n) is 3.24. The smallest absolute Gasteiger partial charge is 0.168 e. The SMILES string of the molecule is NC(=S)Nc1ccccc1C(O)C(O)CBr. The fourth-order valence-electron chi connectivity index (χ4n) is 1.29. The minimum absolute atomic E-state index is 0.119. The van der Waals surface area contributed by atoms with Gasteiger partial charge in [0.05, 0.1) is 6.10 Å². The number of alkyl halides is 1. The van der Waals surface area contributed by atoms with Gasteiger partial charge in [-0.15, -0.1) is 0 Å². The van der Waals surface area contributed by atoms with Crippen molar-refractivity contribution in [3.63, 3.8) is 0 Å². The van der Waals surface area contributed by atoms with E-state index in [9.17, 15) is 10.2 Å². The number of benzene rings is 1.